The Morgan fingerprint density at radius 3 is 2.08 bits per heavy atom. The van der Waals surface area contributed by atoms with Gasteiger partial charge in [0, 0.05) is 5.02 Å². The molecule has 0 amide bonds. The van der Waals surface area contributed by atoms with Crippen LogP contribution in [0.2, 0.25) is 24.7 Å². The Bertz CT molecular complexity index is 923. The summed E-state index contributed by atoms with van der Waals surface area (Å²) < 4.78 is 28.8. The van der Waals surface area contributed by atoms with Gasteiger partial charge in [-0.25, -0.2) is 8.42 Å². The zero-order chi connectivity index (χ0) is 19.5. The molecule has 0 unspecified atom stereocenters. The normalized spacial score (nSPS) is 13.1. The molecule has 0 spiro atoms. The first-order valence-corrected chi connectivity index (χ1v) is 13.7. The van der Waals surface area contributed by atoms with Crippen molar-refractivity contribution < 1.29 is 8.42 Å². The summed E-state index contributed by atoms with van der Waals surface area (Å²) in [6.07, 6.45) is 0. The average Bonchev–Trinajstić information content (AvgIpc) is 2.54. The molecule has 0 bridgehead atoms. The molecule has 0 aromatic heterocycles. The predicted octanol–water partition coefficient (Wildman–Crippen LogP) is 5.26. The standard InChI is InChI=1S/C20H24ClNO2SSi/c1-6-19(26(3,4)5)20(16-9-11-17(21)12-10-16)22-25(23,24)18-13-7-15(2)8-14-18/h7-14,20,22H,1H2,2-5H3/t20-/m1/s1. The van der Waals surface area contributed by atoms with Gasteiger partial charge in [-0.1, -0.05) is 67.6 Å². The van der Waals surface area contributed by atoms with Crippen molar-refractivity contribution in [1.29, 1.82) is 0 Å². The van der Waals surface area contributed by atoms with Crippen molar-refractivity contribution in [3.8, 4) is 0 Å². The van der Waals surface area contributed by atoms with Gasteiger partial charge in [-0.3, -0.25) is 0 Å². The second-order valence-corrected chi connectivity index (χ2v) is 14.4. The summed E-state index contributed by atoms with van der Waals surface area (Å²) in [6.45, 7) is 12.2. The minimum atomic E-state index is -3.70. The van der Waals surface area contributed by atoms with Crippen LogP contribution in [0.4, 0.5) is 0 Å². The first kappa shape index (κ1) is 20.7. The number of hydrogen-bond acceptors (Lipinski definition) is 2. The molecule has 138 valence electrons. The van der Waals surface area contributed by atoms with Gasteiger partial charge in [-0.2, -0.15) is 4.72 Å². The number of nitrogens with one attached hydrogen (secondary N) is 1. The van der Waals surface area contributed by atoms with Crippen LogP contribution in [0.15, 0.2) is 70.9 Å². The maximum absolute atomic E-state index is 13.0. The molecule has 0 saturated carbocycles. The molecule has 0 radical (unpaired) electrons. The Hall–Kier alpha value is -1.62. The van der Waals surface area contributed by atoms with Gasteiger partial charge in [-0.05, 0) is 41.9 Å². The highest BCUT2D eigenvalue weighted by atomic mass is 35.5. The fourth-order valence-corrected chi connectivity index (χ4v) is 5.75. The van der Waals surface area contributed by atoms with Gasteiger partial charge in [0.2, 0.25) is 10.0 Å². The topological polar surface area (TPSA) is 46.2 Å². The van der Waals surface area contributed by atoms with E-state index >= 15 is 0 Å². The molecule has 2 aromatic carbocycles. The zero-order valence-electron chi connectivity index (χ0n) is 15.5. The third kappa shape index (κ3) is 4.97. The summed E-state index contributed by atoms with van der Waals surface area (Å²) in [7, 11) is -5.57. The summed E-state index contributed by atoms with van der Waals surface area (Å²) in [5.74, 6) is 0. The van der Waals surface area contributed by atoms with Crippen molar-refractivity contribution >= 4 is 29.7 Å². The molecule has 0 heterocycles. The third-order valence-electron chi connectivity index (χ3n) is 4.09. The molecule has 0 aliphatic heterocycles. The van der Waals surface area contributed by atoms with Crippen LogP contribution >= 0.6 is 11.6 Å². The third-order valence-corrected chi connectivity index (χ3v) is 7.87. The molecule has 6 heteroatoms. The van der Waals surface area contributed by atoms with Crippen LogP contribution in [0.1, 0.15) is 17.2 Å². The lowest BCUT2D eigenvalue weighted by molar-refractivity contribution is 0.573. The Morgan fingerprint density at radius 2 is 1.62 bits per heavy atom. The second kappa shape index (κ2) is 7.95. The highest BCUT2D eigenvalue weighted by Gasteiger charge is 2.31. The SMILES string of the molecule is C=C=C([C@H](NS(=O)(=O)c1ccc(C)cc1)c1ccc(Cl)cc1)[Si](C)(C)C. The monoisotopic (exact) mass is 405 g/mol. The van der Waals surface area contributed by atoms with Gasteiger partial charge in [0.1, 0.15) is 0 Å². The van der Waals surface area contributed by atoms with Crippen molar-refractivity contribution in [3.63, 3.8) is 0 Å². The van der Waals surface area contributed by atoms with Gasteiger partial charge < -0.3 is 0 Å². The largest absolute Gasteiger partial charge is 0.241 e. The smallest absolute Gasteiger partial charge is 0.207 e. The van der Waals surface area contributed by atoms with Gasteiger partial charge in [0.05, 0.1) is 19.0 Å². The van der Waals surface area contributed by atoms with E-state index in [-0.39, 0.29) is 4.90 Å². The van der Waals surface area contributed by atoms with Crippen molar-refractivity contribution in [2.45, 2.75) is 37.5 Å². The maximum atomic E-state index is 13.0. The van der Waals surface area contributed by atoms with E-state index in [1.54, 1.807) is 36.4 Å². The van der Waals surface area contributed by atoms with E-state index in [0.29, 0.717) is 5.02 Å². The molecule has 26 heavy (non-hydrogen) atoms. The van der Waals surface area contributed by atoms with E-state index in [2.05, 4.69) is 36.7 Å². The molecular weight excluding hydrogens is 382 g/mol. The molecule has 0 aliphatic carbocycles. The molecule has 2 aromatic rings. The summed E-state index contributed by atoms with van der Waals surface area (Å²) in [4.78, 5) is 0.237. The molecule has 1 atom stereocenters. The van der Waals surface area contributed by atoms with Gasteiger partial charge in [0.25, 0.3) is 0 Å². The van der Waals surface area contributed by atoms with Crippen molar-refractivity contribution in [2.75, 3.05) is 0 Å². The van der Waals surface area contributed by atoms with Gasteiger partial charge in [0.15, 0.2) is 0 Å². The fourth-order valence-electron chi connectivity index (χ4n) is 2.69. The molecule has 0 saturated heterocycles. The molecule has 3 nitrogen and oxygen atoms in total. The highest BCUT2D eigenvalue weighted by Crippen LogP contribution is 2.31. The first-order chi connectivity index (χ1) is 12.0. The van der Waals surface area contributed by atoms with E-state index in [1.807, 2.05) is 19.1 Å². The lowest BCUT2D eigenvalue weighted by Crippen LogP contribution is -2.37. The van der Waals surface area contributed by atoms with Crippen LogP contribution in [0.5, 0.6) is 0 Å². The Kier molecular flexibility index (Phi) is 6.32. The number of aryl methyl sites for hydroxylation is 1. The van der Waals surface area contributed by atoms with E-state index in [4.69, 9.17) is 11.6 Å². The second-order valence-electron chi connectivity index (χ2n) is 7.26. The number of sulfonamides is 1. The molecule has 2 rings (SSSR count). The Morgan fingerprint density at radius 1 is 1.08 bits per heavy atom. The van der Waals surface area contributed by atoms with Crippen LogP contribution in [0.25, 0.3) is 0 Å². The molecule has 0 fully saturated rings. The summed E-state index contributed by atoms with van der Waals surface area (Å²) >= 11 is 6.00. The predicted molar refractivity (Wildman–Crippen MR) is 112 cm³/mol. The van der Waals surface area contributed by atoms with Crippen molar-refractivity contribution in [1.82, 2.24) is 4.72 Å². The lowest BCUT2D eigenvalue weighted by Gasteiger charge is -2.28. The van der Waals surface area contributed by atoms with Crippen molar-refractivity contribution in [3.05, 3.63) is 82.2 Å². The van der Waals surface area contributed by atoms with Gasteiger partial charge in [-0.15, -0.1) is 5.73 Å². The first-order valence-electron chi connectivity index (χ1n) is 8.29. The highest BCUT2D eigenvalue weighted by molar-refractivity contribution is 7.89. The fraction of sp³-hybridized carbons (Fsp3) is 0.250. The summed E-state index contributed by atoms with van der Waals surface area (Å²) in [5, 5.41) is 1.50. The van der Waals surface area contributed by atoms with E-state index in [1.165, 1.54) is 0 Å². The van der Waals surface area contributed by atoms with Gasteiger partial charge >= 0.3 is 0 Å². The van der Waals surface area contributed by atoms with E-state index in [0.717, 1.165) is 16.3 Å². The maximum Gasteiger partial charge on any atom is 0.241 e. The molecule has 1 N–H and O–H groups in total. The Labute approximate surface area is 162 Å². The number of halogens is 1. The Balaban J connectivity index is 2.52. The van der Waals surface area contributed by atoms with Crippen LogP contribution in [-0.2, 0) is 10.0 Å². The van der Waals surface area contributed by atoms with Crippen molar-refractivity contribution in [2.24, 2.45) is 0 Å². The number of hydrogen-bond donors (Lipinski definition) is 1. The zero-order valence-corrected chi connectivity index (χ0v) is 18.1. The molecular formula is C20H24ClNO2SSi. The average molecular weight is 406 g/mol. The van der Waals surface area contributed by atoms with Crippen LogP contribution in [-0.4, -0.2) is 16.5 Å². The quantitative estimate of drug-likeness (QED) is 0.526. The number of rotatable bonds is 6. The van der Waals surface area contributed by atoms with Crippen LogP contribution < -0.4 is 4.72 Å². The van der Waals surface area contributed by atoms with Crippen LogP contribution in [0, 0.1) is 6.92 Å². The number of benzene rings is 2. The minimum Gasteiger partial charge on any atom is -0.207 e. The lowest BCUT2D eigenvalue weighted by atomic mass is 10.1. The van der Waals surface area contributed by atoms with Crippen LogP contribution in [0.3, 0.4) is 0 Å². The summed E-state index contributed by atoms with van der Waals surface area (Å²) in [5.41, 5.74) is 4.83. The summed E-state index contributed by atoms with van der Waals surface area (Å²) in [6, 6.07) is 13.5. The minimum absolute atomic E-state index is 0.237. The molecule has 0 aliphatic rings. The van der Waals surface area contributed by atoms with E-state index in [9.17, 15) is 8.42 Å². The van der Waals surface area contributed by atoms with E-state index < -0.39 is 24.1 Å².